The summed E-state index contributed by atoms with van der Waals surface area (Å²) in [5, 5.41) is 2.47. The Balaban J connectivity index is 2.16. The zero-order valence-electron chi connectivity index (χ0n) is 10.0. The maximum Gasteiger partial charge on any atom is 0.0680 e. The van der Waals surface area contributed by atoms with Gasteiger partial charge in [-0.25, -0.2) is 0 Å². The summed E-state index contributed by atoms with van der Waals surface area (Å²) in [5.74, 6) is 0. The highest BCUT2D eigenvalue weighted by Crippen LogP contribution is 2.36. The highest BCUT2D eigenvalue weighted by molar-refractivity contribution is 5.85. The molecule has 2 nitrogen and oxygen atoms in total. The Morgan fingerprint density at radius 2 is 1.76 bits per heavy atom. The quantitative estimate of drug-likeness (QED) is 0.809. The second kappa shape index (κ2) is 4.11. The number of benzene rings is 1. The van der Waals surface area contributed by atoms with Gasteiger partial charge >= 0.3 is 0 Å². The van der Waals surface area contributed by atoms with E-state index in [2.05, 4.69) is 35.3 Å². The van der Waals surface area contributed by atoms with Crippen molar-refractivity contribution in [3.05, 3.63) is 42.2 Å². The normalized spacial score (nSPS) is 19.4. The van der Waals surface area contributed by atoms with Crippen molar-refractivity contribution < 1.29 is 0 Å². The van der Waals surface area contributed by atoms with Gasteiger partial charge in [0.15, 0.2) is 0 Å². The second-order valence-corrected chi connectivity index (χ2v) is 5.10. The van der Waals surface area contributed by atoms with Gasteiger partial charge in [-0.15, -0.1) is 0 Å². The standard InChI is InChI=1S/C15H18N2/c16-15(9-4-1-5-10-15)14-13-7-3-2-6-12(13)8-11-17-14/h2-3,6-8,11H,1,4-5,9-10,16H2. The molecule has 1 aliphatic rings. The Hall–Kier alpha value is -1.41. The number of aromatic nitrogens is 1. The predicted molar refractivity (Wildman–Crippen MR) is 70.7 cm³/mol. The summed E-state index contributed by atoms with van der Waals surface area (Å²) >= 11 is 0. The summed E-state index contributed by atoms with van der Waals surface area (Å²) < 4.78 is 0. The highest BCUT2D eigenvalue weighted by atomic mass is 14.8. The van der Waals surface area contributed by atoms with Crippen LogP contribution in [0.3, 0.4) is 0 Å². The molecule has 1 heterocycles. The molecule has 0 unspecified atom stereocenters. The van der Waals surface area contributed by atoms with Crippen molar-refractivity contribution in [3.63, 3.8) is 0 Å². The molecule has 17 heavy (non-hydrogen) atoms. The van der Waals surface area contributed by atoms with Crippen molar-refractivity contribution in [1.82, 2.24) is 4.98 Å². The van der Waals surface area contributed by atoms with Gasteiger partial charge in [-0.3, -0.25) is 4.98 Å². The SMILES string of the molecule is NC1(c2nccc3ccccc23)CCCCC1. The van der Waals surface area contributed by atoms with E-state index in [0.717, 1.165) is 18.5 Å². The molecule has 0 spiro atoms. The molecule has 1 aromatic heterocycles. The third-order valence-corrected chi connectivity index (χ3v) is 3.89. The first-order valence-corrected chi connectivity index (χ1v) is 6.43. The van der Waals surface area contributed by atoms with Crippen molar-refractivity contribution in [2.45, 2.75) is 37.6 Å². The van der Waals surface area contributed by atoms with Crippen LogP contribution in [0.1, 0.15) is 37.8 Å². The molecule has 88 valence electrons. The molecule has 0 aliphatic heterocycles. The van der Waals surface area contributed by atoms with Gasteiger partial charge in [0.1, 0.15) is 0 Å². The number of hydrogen-bond donors (Lipinski definition) is 1. The summed E-state index contributed by atoms with van der Waals surface area (Å²) in [7, 11) is 0. The smallest absolute Gasteiger partial charge is 0.0680 e. The van der Waals surface area contributed by atoms with Gasteiger partial charge in [0.25, 0.3) is 0 Å². The van der Waals surface area contributed by atoms with Gasteiger partial charge in [-0.1, -0.05) is 43.5 Å². The molecule has 3 rings (SSSR count). The number of pyridine rings is 1. The van der Waals surface area contributed by atoms with Crippen LogP contribution in [0.15, 0.2) is 36.5 Å². The molecule has 0 atom stereocenters. The first kappa shape index (κ1) is 10.7. The minimum Gasteiger partial charge on any atom is -0.320 e. The topological polar surface area (TPSA) is 38.9 Å². The molecular weight excluding hydrogens is 208 g/mol. The molecule has 0 radical (unpaired) electrons. The molecule has 1 fully saturated rings. The van der Waals surface area contributed by atoms with Crippen LogP contribution in [0.4, 0.5) is 0 Å². The van der Waals surface area contributed by atoms with E-state index in [1.54, 1.807) is 0 Å². The molecule has 0 bridgehead atoms. The van der Waals surface area contributed by atoms with Crippen molar-refractivity contribution >= 4 is 10.8 Å². The Morgan fingerprint density at radius 3 is 2.59 bits per heavy atom. The molecule has 2 heteroatoms. The summed E-state index contributed by atoms with van der Waals surface area (Å²) in [5.41, 5.74) is 7.47. The van der Waals surface area contributed by atoms with Crippen LogP contribution in [0.5, 0.6) is 0 Å². The number of nitrogens with two attached hydrogens (primary N) is 1. The van der Waals surface area contributed by atoms with Crippen LogP contribution in [0, 0.1) is 0 Å². The van der Waals surface area contributed by atoms with Gasteiger partial charge in [-0.2, -0.15) is 0 Å². The lowest BCUT2D eigenvalue weighted by Crippen LogP contribution is -2.39. The van der Waals surface area contributed by atoms with Crippen LogP contribution >= 0.6 is 0 Å². The van der Waals surface area contributed by atoms with Gasteiger partial charge in [0.05, 0.1) is 11.2 Å². The number of fused-ring (bicyclic) bond motifs is 1. The van der Waals surface area contributed by atoms with Crippen LogP contribution in [-0.4, -0.2) is 4.98 Å². The first-order chi connectivity index (χ1) is 8.30. The number of rotatable bonds is 1. The minimum absolute atomic E-state index is 0.209. The molecule has 2 aromatic rings. The molecular formula is C15H18N2. The summed E-state index contributed by atoms with van der Waals surface area (Å²) in [6, 6.07) is 10.5. The van der Waals surface area contributed by atoms with Gasteiger partial charge < -0.3 is 5.73 Å². The zero-order chi connectivity index (χ0) is 11.7. The molecule has 1 aliphatic carbocycles. The van der Waals surface area contributed by atoms with E-state index >= 15 is 0 Å². The van der Waals surface area contributed by atoms with Crippen molar-refractivity contribution in [1.29, 1.82) is 0 Å². The van der Waals surface area contributed by atoms with Crippen molar-refractivity contribution in [3.8, 4) is 0 Å². The van der Waals surface area contributed by atoms with Crippen LogP contribution in [0.2, 0.25) is 0 Å². The lowest BCUT2D eigenvalue weighted by molar-refractivity contribution is 0.297. The summed E-state index contributed by atoms with van der Waals surface area (Å²) in [4.78, 5) is 4.58. The second-order valence-electron chi connectivity index (χ2n) is 5.10. The van der Waals surface area contributed by atoms with E-state index in [1.807, 2.05) is 6.20 Å². The molecule has 2 N–H and O–H groups in total. The van der Waals surface area contributed by atoms with E-state index in [9.17, 15) is 0 Å². The monoisotopic (exact) mass is 226 g/mol. The van der Waals surface area contributed by atoms with Crippen molar-refractivity contribution in [2.24, 2.45) is 5.73 Å². The van der Waals surface area contributed by atoms with E-state index in [0.29, 0.717) is 0 Å². The molecule has 0 saturated heterocycles. The van der Waals surface area contributed by atoms with E-state index in [4.69, 9.17) is 5.73 Å². The fraction of sp³-hybridized carbons (Fsp3) is 0.400. The van der Waals surface area contributed by atoms with Gasteiger partial charge in [-0.05, 0) is 24.3 Å². The van der Waals surface area contributed by atoms with Crippen molar-refractivity contribution in [2.75, 3.05) is 0 Å². The Bertz CT molecular complexity index is 522. The average Bonchev–Trinajstić information content (AvgIpc) is 2.39. The third kappa shape index (κ3) is 1.83. The van der Waals surface area contributed by atoms with Gasteiger partial charge in [0.2, 0.25) is 0 Å². The highest BCUT2D eigenvalue weighted by Gasteiger charge is 2.31. The van der Waals surface area contributed by atoms with Crippen LogP contribution in [0.25, 0.3) is 10.8 Å². The van der Waals surface area contributed by atoms with Crippen LogP contribution < -0.4 is 5.73 Å². The van der Waals surface area contributed by atoms with E-state index in [-0.39, 0.29) is 5.54 Å². The average molecular weight is 226 g/mol. The third-order valence-electron chi connectivity index (χ3n) is 3.89. The number of nitrogens with zero attached hydrogens (tertiary/aromatic N) is 1. The molecule has 1 aromatic carbocycles. The van der Waals surface area contributed by atoms with Crippen LogP contribution in [-0.2, 0) is 5.54 Å². The summed E-state index contributed by atoms with van der Waals surface area (Å²) in [6.07, 6.45) is 7.77. The maximum atomic E-state index is 6.58. The van der Waals surface area contributed by atoms with E-state index in [1.165, 1.54) is 30.0 Å². The Morgan fingerprint density at radius 1 is 1.00 bits per heavy atom. The Kier molecular flexibility index (Phi) is 2.60. The first-order valence-electron chi connectivity index (χ1n) is 6.43. The molecule has 1 saturated carbocycles. The van der Waals surface area contributed by atoms with Gasteiger partial charge in [0, 0.05) is 11.6 Å². The Labute approximate surface area is 102 Å². The molecule has 0 amide bonds. The number of hydrogen-bond acceptors (Lipinski definition) is 2. The lowest BCUT2D eigenvalue weighted by atomic mass is 9.78. The largest absolute Gasteiger partial charge is 0.320 e. The zero-order valence-corrected chi connectivity index (χ0v) is 10.0. The fourth-order valence-electron chi connectivity index (χ4n) is 2.94. The maximum absolute atomic E-state index is 6.58. The summed E-state index contributed by atoms with van der Waals surface area (Å²) in [6.45, 7) is 0. The fourth-order valence-corrected chi connectivity index (χ4v) is 2.94. The minimum atomic E-state index is -0.209. The van der Waals surface area contributed by atoms with E-state index < -0.39 is 0 Å². The lowest BCUT2D eigenvalue weighted by Gasteiger charge is -2.33. The predicted octanol–water partition coefficient (Wildman–Crippen LogP) is 3.35.